The largest absolute Gasteiger partial charge is 0.370 e. The molecule has 0 atom stereocenters. The molecule has 0 bridgehead atoms. The van der Waals surface area contributed by atoms with E-state index in [-0.39, 0.29) is 24.0 Å². The molecule has 3 N–H and O–H groups in total. The van der Waals surface area contributed by atoms with Crippen LogP contribution in [0.5, 0.6) is 0 Å². The Labute approximate surface area is 140 Å². The van der Waals surface area contributed by atoms with Gasteiger partial charge in [0.1, 0.15) is 0 Å². The lowest BCUT2D eigenvalue weighted by molar-refractivity contribution is 0.678. The number of guanidine groups is 1. The van der Waals surface area contributed by atoms with E-state index in [0.29, 0.717) is 12.5 Å². The van der Waals surface area contributed by atoms with Crippen LogP contribution in [0.2, 0.25) is 0 Å². The molecule has 1 aliphatic rings. The number of anilines is 1. The fourth-order valence-electron chi connectivity index (χ4n) is 2.46. The van der Waals surface area contributed by atoms with E-state index in [1.54, 1.807) is 10.9 Å². The molecule has 0 fully saturated rings. The Morgan fingerprint density at radius 2 is 2.19 bits per heavy atom. The van der Waals surface area contributed by atoms with Crippen molar-refractivity contribution in [2.24, 2.45) is 17.8 Å². The Morgan fingerprint density at radius 1 is 1.38 bits per heavy atom. The van der Waals surface area contributed by atoms with Crippen molar-refractivity contribution in [2.75, 3.05) is 5.32 Å². The van der Waals surface area contributed by atoms with E-state index >= 15 is 0 Å². The molecule has 1 aromatic heterocycles. The lowest BCUT2D eigenvalue weighted by Crippen LogP contribution is -2.22. The fraction of sp³-hybridized carbons (Fsp3) is 0.357. The third kappa shape index (κ3) is 3.72. The van der Waals surface area contributed by atoms with Gasteiger partial charge in [-0.15, -0.1) is 29.1 Å². The van der Waals surface area contributed by atoms with Crippen molar-refractivity contribution < 1.29 is 0 Å². The fourth-order valence-corrected chi connectivity index (χ4v) is 2.46. The number of aryl methyl sites for hydroxylation is 3. The summed E-state index contributed by atoms with van der Waals surface area (Å²) in [4.78, 5) is 4.30. The first-order chi connectivity index (χ1) is 9.72. The average Bonchev–Trinajstić information content (AvgIpc) is 3.04. The van der Waals surface area contributed by atoms with E-state index in [1.807, 2.05) is 7.05 Å². The van der Waals surface area contributed by atoms with Gasteiger partial charge < -0.3 is 11.1 Å². The van der Waals surface area contributed by atoms with Crippen LogP contribution in [0.1, 0.15) is 23.2 Å². The second-order valence-corrected chi connectivity index (χ2v) is 5.01. The molecular formula is C14H19IN6. The van der Waals surface area contributed by atoms with Crippen LogP contribution in [0.3, 0.4) is 0 Å². The van der Waals surface area contributed by atoms with E-state index in [0.717, 1.165) is 17.8 Å². The zero-order valence-corrected chi connectivity index (χ0v) is 14.2. The molecule has 1 aromatic carbocycles. The predicted molar refractivity (Wildman–Crippen MR) is 93.8 cm³/mol. The van der Waals surface area contributed by atoms with E-state index in [4.69, 9.17) is 5.73 Å². The number of halogens is 1. The van der Waals surface area contributed by atoms with Crippen molar-refractivity contribution in [3.63, 3.8) is 0 Å². The van der Waals surface area contributed by atoms with Crippen LogP contribution in [0.25, 0.3) is 0 Å². The van der Waals surface area contributed by atoms with Gasteiger partial charge in [0.05, 0.1) is 18.4 Å². The maximum atomic E-state index is 5.91. The van der Waals surface area contributed by atoms with Crippen LogP contribution in [-0.4, -0.2) is 21.0 Å². The highest BCUT2D eigenvalue weighted by Gasteiger charge is 2.10. The monoisotopic (exact) mass is 398 g/mol. The number of rotatable bonds is 3. The molecule has 0 aliphatic heterocycles. The zero-order chi connectivity index (χ0) is 13.9. The molecule has 0 saturated carbocycles. The van der Waals surface area contributed by atoms with Crippen molar-refractivity contribution in [1.82, 2.24) is 15.0 Å². The Bertz CT molecular complexity index is 649. The average molecular weight is 398 g/mol. The van der Waals surface area contributed by atoms with Gasteiger partial charge in [-0.2, -0.15) is 0 Å². The predicted octanol–water partition coefficient (Wildman–Crippen LogP) is 1.85. The van der Waals surface area contributed by atoms with Gasteiger partial charge in [-0.1, -0.05) is 11.3 Å². The molecule has 0 radical (unpaired) electrons. The summed E-state index contributed by atoms with van der Waals surface area (Å²) in [5.41, 5.74) is 10.7. The number of aliphatic imine (C=N–C) groups is 1. The first-order valence-electron chi connectivity index (χ1n) is 6.74. The van der Waals surface area contributed by atoms with Gasteiger partial charge in [0.25, 0.3) is 0 Å². The topological polar surface area (TPSA) is 81.1 Å². The molecule has 0 spiro atoms. The molecule has 21 heavy (non-hydrogen) atoms. The molecule has 1 aliphatic carbocycles. The van der Waals surface area contributed by atoms with Crippen molar-refractivity contribution in [1.29, 1.82) is 0 Å². The normalized spacial score (nSPS) is 13.7. The number of hydrogen-bond donors (Lipinski definition) is 2. The van der Waals surface area contributed by atoms with Crippen LogP contribution in [0, 0.1) is 0 Å². The highest BCUT2D eigenvalue weighted by atomic mass is 127. The zero-order valence-electron chi connectivity index (χ0n) is 11.9. The van der Waals surface area contributed by atoms with Crippen molar-refractivity contribution in [2.45, 2.75) is 25.8 Å². The maximum absolute atomic E-state index is 5.91. The molecule has 0 saturated heterocycles. The SMILES string of the molecule is Cn1nncc1CN=C(N)Nc1ccc2c(c1)CCC2.I. The number of nitrogens with one attached hydrogen (secondary N) is 1. The number of nitrogens with zero attached hydrogens (tertiary/aromatic N) is 4. The van der Waals surface area contributed by atoms with E-state index in [2.05, 4.69) is 38.8 Å². The lowest BCUT2D eigenvalue weighted by Gasteiger charge is -2.08. The Balaban J connectivity index is 0.00000161. The summed E-state index contributed by atoms with van der Waals surface area (Å²) in [6, 6.07) is 6.39. The lowest BCUT2D eigenvalue weighted by atomic mass is 10.1. The first kappa shape index (κ1) is 15.7. The minimum Gasteiger partial charge on any atom is -0.370 e. The molecule has 0 unspecified atom stereocenters. The Kier molecular flexibility index (Phi) is 5.16. The minimum atomic E-state index is 0. The molecule has 3 rings (SSSR count). The molecule has 0 amide bonds. The van der Waals surface area contributed by atoms with Gasteiger partial charge >= 0.3 is 0 Å². The number of hydrogen-bond acceptors (Lipinski definition) is 3. The smallest absolute Gasteiger partial charge is 0.193 e. The van der Waals surface area contributed by atoms with Gasteiger partial charge in [-0.3, -0.25) is 4.68 Å². The molecule has 112 valence electrons. The summed E-state index contributed by atoms with van der Waals surface area (Å²) in [6.45, 7) is 0.466. The summed E-state index contributed by atoms with van der Waals surface area (Å²) in [7, 11) is 1.84. The molecule has 6 nitrogen and oxygen atoms in total. The minimum absolute atomic E-state index is 0. The number of fused-ring (bicyclic) bond motifs is 1. The van der Waals surface area contributed by atoms with Crippen molar-refractivity contribution in [3.8, 4) is 0 Å². The number of benzene rings is 1. The molecule has 7 heteroatoms. The summed E-state index contributed by atoms with van der Waals surface area (Å²) in [5.74, 6) is 0.407. The van der Waals surface area contributed by atoms with E-state index in [9.17, 15) is 0 Å². The van der Waals surface area contributed by atoms with Crippen LogP contribution in [-0.2, 0) is 26.4 Å². The highest BCUT2D eigenvalue weighted by Crippen LogP contribution is 2.24. The number of nitrogens with two attached hydrogens (primary N) is 1. The first-order valence-corrected chi connectivity index (χ1v) is 6.74. The highest BCUT2D eigenvalue weighted by molar-refractivity contribution is 14.0. The van der Waals surface area contributed by atoms with Crippen molar-refractivity contribution in [3.05, 3.63) is 41.2 Å². The summed E-state index contributed by atoms with van der Waals surface area (Å²) >= 11 is 0. The second kappa shape index (κ2) is 6.88. The van der Waals surface area contributed by atoms with Crippen LogP contribution in [0.4, 0.5) is 5.69 Å². The van der Waals surface area contributed by atoms with Gasteiger partial charge in [-0.25, -0.2) is 4.99 Å². The van der Waals surface area contributed by atoms with E-state index in [1.165, 1.54) is 24.0 Å². The van der Waals surface area contributed by atoms with Gasteiger partial charge in [0.15, 0.2) is 5.96 Å². The van der Waals surface area contributed by atoms with Crippen LogP contribution >= 0.6 is 24.0 Å². The summed E-state index contributed by atoms with van der Waals surface area (Å²) in [6.07, 6.45) is 5.28. The summed E-state index contributed by atoms with van der Waals surface area (Å²) in [5, 5.41) is 10.8. The van der Waals surface area contributed by atoms with Gasteiger partial charge in [0.2, 0.25) is 0 Å². The third-order valence-corrected chi connectivity index (χ3v) is 3.59. The quantitative estimate of drug-likeness (QED) is 0.470. The van der Waals surface area contributed by atoms with Crippen molar-refractivity contribution >= 4 is 35.6 Å². The number of aromatic nitrogens is 3. The van der Waals surface area contributed by atoms with Crippen LogP contribution < -0.4 is 11.1 Å². The van der Waals surface area contributed by atoms with E-state index < -0.39 is 0 Å². The molecular weight excluding hydrogens is 379 g/mol. The summed E-state index contributed by atoms with van der Waals surface area (Å²) < 4.78 is 1.69. The van der Waals surface area contributed by atoms with Gasteiger partial charge in [0, 0.05) is 12.7 Å². The standard InChI is InChI=1S/C14H18N6.HI/c1-20-13(9-17-19-20)8-16-14(15)18-12-6-5-10-3-2-4-11(10)7-12;/h5-7,9H,2-4,8H2,1H3,(H3,15,16,18);1H. The van der Waals surface area contributed by atoms with Gasteiger partial charge in [-0.05, 0) is 42.5 Å². The molecule has 2 aromatic rings. The second-order valence-electron chi connectivity index (χ2n) is 5.01. The maximum Gasteiger partial charge on any atom is 0.193 e. The Morgan fingerprint density at radius 3 is 2.95 bits per heavy atom. The van der Waals surface area contributed by atoms with Crippen LogP contribution in [0.15, 0.2) is 29.4 Å². The Hall–Kier alpha value is -1.64. The molecule has 1 heterocycles. The third-order valence-electron chi connectivity index (χ3n) is 3.59.